The highest BCUT2D eigenvalue weighted by Crippen LogP contribution is 2.07. The topological polar surface area (TPSA) is 20.2 Å². The van der Waals surface area contributed by atoms with E-state index in [-0.39, 0.29) is 6.10 Å². The molecule has 1 unspecified atom stereocenters. The van der Waals surface area contributed by atoms with Crippen LogP contribution in [0.4, 0.5) is 0 Å². The molecule has 1 heteroatoms. The number of unbranched alkanes of at least 4 members (excludes halogenated alkanes) is 4. The van der Waals surface area contributed by atoms with Crippen LogP contribution in [0.2, 0.25) is 0 Å². The third kappa shape index (κ3) is 9.57. The lowest BCUT2D eigenvalue weighted by atomic mass is 10.1. The van der Waals surface area contributed by atoms with Crippen LogP contribution in [0, 0.1) is 0 Å². The zero-order valence-electron chi connectivity index (χ0n) is 9.63. The summed E-state index contributed by atoms with van der Waals surface area (Å²) >= 11 is 0. The number of rotatable bonds is 8. The van der Waals surface area contributed by atoms with Gasteiger partial charge < -0.3 is 5.11 Å². The molecule has 0 saturated carbocycles. The smallest absolute Gasteiger partial charge is 0.0794 e. The van der Waals surface area contributed by atoms with Crippen LogP contribution >= 0.6 is 0 Å². The number of hydrogen-bond donors (Lipinski definition) is 1. The molecule has 0 rings (SSSR count). The normalized spacial score (nSPS) is 11.9. The van der Waals surface area contributed by atoms with E-state index in [1.165, 1.54) is 25.7 Å². The van der Waals surface area contributed by atoms with Gasteiger partial charge in [-0.2, -0.15) is 0 Å². The fourth-order valence-corrected chi connectivity index (χ4v) is 1.34. The fourth-order valence-electron chi connectivity index (χ4n) is 1.34. The minimum absolute atomic E-state index is 0.292. The second-order valence-electron chi connectivity index (χ2n) is 3.72. The first-order valence-corrected chi connectivity index (χ1v) is 5.90. The quantitative estimate of drug-likeness (QED) is 0.462. The Hall–Kier alpha value is -0.520. The van der Waals surface area contributed by atoms with Crippen LogP contribution in [0.1, 0.15) is 58.8 Å². The van der Waals surface area contributed by atoms with Gasteiger partial charge in [0.25, 0.3) is 0 Å². The molecule has 0 fully saturated rings. The minimum Gasteiger partial charge on any atom is -0.388 e. The standard InChI is InChI=1S/C13H24O/c1-3-5-7-8-10-12-13(14)11-9-6-4-2/h6,11,13-14H,3-5,7-8,10,12H2,1-2H3. The van der Waals surface area contributed by atoms with E-state index in [1.807, 2.05) is 6.08 Å². The van der Waals surface area contributed by atoms with Crippen LogP contribution in [0.25, 0.3) is 0 Å². The Morgan fingerprint density at radius 1 is 1.14 bits per heavy atom. The summed E-state index contributed by atoms with van der Waals surface area (Å²) in [6.45, 7) is 4.28. The van der Waals surface area contributed by atoms with Gasteiger partial charge in [0.05, 0.1) is 6.10 Å². The molecule has 1 nitrogen and oxygen atoms in total. The average Bonchev–Trinajstić information content (AvgIpc) is 2.18. The Balaban J connectivity index is 3.35. The van der Waals surface area contributed by atoms with E-state index in [1.54, 1.807) is 6.08 Å². The predicted octanol–water partition coefficient (Wildman–Crippen LogP) is 3.83. The number of aliphatic hydroxyl groups is 1. The minimum atomic E-state index is -0.292. The molecule has 0 aromatic heterocycles. The Labute approximate surface area is 88.5 Å². The van der Waals surface area contributed by atoms with Crippen molar-refractivity contribution in [3.63, 3.8) is 0 Å². The van der Waals surface area contributed by atoms with Crippen molar-refractivity contribution in [2.45, 2.75) is 64.9 Å². The lowest BCUT2D eigenvalue weighted by Gasteiger charge is -2.03. The van der Waals surface area contributed by atoms with Crippen molar-refractivity contribution in [3.05, 3.63) is 17.9 Å². The highest BCUT2D eigenvalue weighted by Gasteiger charge is 1.97. The second kappa shape index (κ2) is 10.6. The summed E-state index contributed by atoms with van der Waals surface area (Å²) < 4.78 is 0. The maximum absolute atomic E-state index is 9.49. The van der Waals surface area contributed by atoms with Gasteiger partial charge in [0.1, 0.15) is 0 Å². The zero-order chi connectivity index (χ0) is 10.6. The van der Waals surface area contributed by atoms with Gasteiger partial charge in [0.15, 0.2) is 0 Å². The Bertz CT molecular complexity index is 166. The van der Waals surface area contributed by atoms with Crippen molar-refractivity contribution < 1.29 is 5.11 Å². The third-order valence-corrected chi connectivity index (χ3v) is 2.21. The first-order valence-electron chi connectivity index (χ1n) is 5.90. The van der Waals surface area contributed by atoms with E-state index in [0.29, 0.717) is 0 Å². The molecule has 0 amide bonds. The Kier molecular flexibility index (Phi) is 10.2. The molecule has 0 aliphatic rings. The molecule has 0 heterocycles. The average molecular weight is 196 g/mol. The van der Waals surface area contributed by atoms with Crippen molar-refractivity contribution in [1.29, 1.82) is 0 Å². The van der Waals surface area contributed by atoms with Gasteiger partial charge in [-0.15, -0.1) is 5.73 Å². The molecule has 0 aliphatic carbocycles. The molecular formula is C13H24O. The van der Waals surface area contributed by atoms with Crippen molar-refractivity contribution in [1.82, 2.24) is 0 Å². The summed E-state index contributed by atoms with van der Waals surface area (Å²) in [4.78, 5) is 0. The van der Waals surface area contributed by atoms with Crippen molar-refractivity contribution in [2.75, 3.05) is 0 Å². The van der Waals surface area contributed by atoms with E-state index < -0.39 is 0 Å². The summed E-state index contributed by atoms with van der Waals surface area (Å²) in [6, 6.07) is 0. The van der Waals surface area contributed by atoms with Crippen LogP contribution in [-0.2, 0) is 0 Å². The molecule has 0 aliphatic heterocycles. The SMILES string of the molecule is CCC=C=CC(O)CCCCCCC. The first kappa shape index (κ1) is 13.5. The summed E-state index contributed by atoms with van der Waals surface area (Å²) in [6.07, 6.45) is 11.6. The van der Waals surface area contributed by atoms with Gasteiger partial charge in [-0.1, -0.05) is 46.0 Å². The molecule has 0 radical (unpaired) electrons. The van der Waals surface area contributed by atoms with Crippen molar-refractivity contribution in [3.8, 4) is 0 Å². The van der Waals surface area contributed by atoms with Crippen molar-refractivity contribution in [2.24, 2.45) is 0 Å². The summed E-state index contributed by atoms with van der Waals surface area (Å²) in [5.41, 5.74) is 2.99. The molecule has 82 valence electrons. The van der Waals surface area contributed by atoms with Crippen LogP contribution in [0.3, 0.4) is 0 Å². The summed E-state index contributed by atoms with van der Waals surface area (Å²) in [5, 5.41) is 9.49. The fraction of sp³-hybridized carbons (Fsp3) is 0.769. The predicted molar refractivity (Wildman–Crippen MR) is 62.3 cm³/mol. The van der Waals surface area contributed by atoms with Gasteiger partial charge >= 0.3 is 0 Å². The molecule has 1 atom stereocenters. The van der Waals surface area contributed by atoms with Crippen molar-refractivity contribution >= 4 is 0 Å². The van der Waals surface area contributed by atoms with Crippen LogP contribution in [0.15, 0.2) is 17.9 Å². The lowest BCUT2D eigenvalue weighted by Crippen LogP contribution is -2.00. The first-order chi connectivity index (χ1) is 6.81. The maximum Gasteiger partial charge on any atom is 0.0794 e. The van der Waals surface area contributed by atoms with Gasteiger partial charge in [-0.05, 0) is 25.0 Å². The van der Waals surface area contributed by atoms with Crippen LogP contribution in [0.5, 0.6) is 0 Å². The largest absolute Gasteiger partial charge is 0.388 e. The molecular weight excluding hydrogens is 172 g/mol. The summed E-state index contributed by atoms with van der Waals surface area (Å²) in [5.74, 6) is 0. The van der Waals surface area contributed by atoms with Crippen LogP contribution < -0.4 is 0 Å². The van der Waals surface area contributed by atoms with E-state index >= 15 is 0 Å². The highest BCUT2D eigenvalue weighted by atomic mass is 16.3. The van der Waals surface area contributed by atoms with E-state index in [4.69, 9.17) is 0 Å². The molecule has 0 spiro atoms. The van der Waals surface area contributed by atoms with Gasteiger partial charge in [0, 0.05) is 0 Å². The zero-order valence-corrected chi connectivity index (χ0v) is 9.63. The van der Waals surface area contributed by atoms with E-state index in [2.05, 4.69) is 19.6 Å². The molecule has 0 saturated heterocycles. The summed E-state index contributed by atoms with van der Waals surface area (Å²) in [7, 11) is 0. The maximum atomic E-state index is 9.49. The highest BCUT2D eigenvalue weighted by molar-refractivity contribution is 4.89. The number of aliphatic hydroxyl groups excluding tert-OH is 1. The van der Waals surface area contributed by atoms with Gasteiger partial charge in [-0.3, -0.25) is 0 Å². The van der Waals surface area contributed by atoms with Gasteiger partial charge in [0.2, 0.25) is 0 Å². The monoisotopic (exact) mass is 196 g/mol. The lowest BCUT2D eigenvalue weighted by molar-refractivity contribution is 0.208. The van der Waals surface area contributed by atoms with Gasteiger partial charge in [-0.25, -0.2) is 0 Å². The van der Waals surface area contributed by atoms with E-state index in [9.17, 15) is 5.11 Å². The van der Waals surface area contributed by atoms with Crippen LogP contribution in [-0.4, -0.2) is 11.2 Å². The van der Waals surface area contributed by atoms with E-state index in [0.717, 1.165) is 19.3 Å². The second-order valence-corrected chi connectivity index (χ2v) is 3.72. The molecule has 0 aromatic carbocycles. The molecule has 0 aromatic rings. The third-order valence-electron chi connectivity index (χ3n) is 2.21. The Morgan fingerprint density at radius 2 is 1.86 bits per heavy atom. The Morgan fingerprint density at radius 3 is 2.50 bits per heavy atom. The molecule has 0 bridgehead atoms. The molecule has 14 heavy (non-hydrogen) atoms. The molecule has 1 N–H and O–H groups in total. The number of hydrogen-bond acceptors (Lipinski definition) is 1.